The third kappa shape index (κ3) is 4.71. The van der Waals surface area contributed by atoms with Crippen molar-refractivity contribution in [1.82, 2.24) is 14.2 Å². The number of sulfonamides is 1. The van der Waals surface area contributed by atoms with Crippen molar-refractivity contribution in [2.75, 3.05) is 20.1 Å². The quantitative estimate of drug-likeness (QED) is 0.739. The summed E-state index contributed by atoms with van der Waals surface area (Å²) < 4.78 is 27.7. The number of hydrogen-bond donors (Lipinski definition) is 0. The molecule has 28 heavy (non-hydrogen) atoms. The van der Waals surface area contributed by atoms with Crippen molar-refractivity contribution in [1.29, 1.82) is 0 Å². The lowest BCUT2D eigenvalue weighted by atomic mass is 10.2. The van der Waals surface area contributed by atoms with Crippen LogP contribution in [0.2, 0.25) is 5.02 Å². The molecule has 1 aromatic heterocycles. The molecule has 0 bridgehead atoms. The smallest absolute Gasteiger partial charge is 0.253 e. The lowest BCUT2D eigenvalue weighted by molar-refractivity contribution is 0.0783. The van der Waals surface area contributed by atoms with Crippen molar-refractivity contribution >= 4 is 27.5 Å². The van der Waals surface area contributed by atoms with Crippen LogP contribution in [0.15, 0.2) is 47.5 Å². The van der Waals surface area contributed by atoms with Gasteiger partial charge in [0.2, 0.25) is 10.0 Å². The van der Waals surface area contributed by atoms with E-state index in [0.717, 1.165) is 31.4 Å². The van der Waals surface area contributed by atoms with Crippen LogP contribution in [0.25, 0.3) is 0 Å². The third-order valence-electron chi connectivity index (χ3n) is 4.83. The molecule has 1 fully saturated rings. The summed E-state index contributed by atoms with van der Waals surface area (Å²) in [5, 5.41) is 0.133. The molecule has 0 unspecified atom stereocenters. The summed E-state index contributed by atoms with van der Waals surface area (Å²) in [7, 11) is -2.08. The maximum atomic E-state index is 13.1. The summed E-state index contributed by atoms with van der Waals surface area (Å²) in [4.78, 5) is 18.5. The van der Waals surface area contributed by atoms with Crippen LogP contribution in [-0.2, 0) is 16.6 Å². The van der Waals surface area contributed by atoms with Gasteiger partial charge in [0.05, 0.1) is 17.3 Å². The number of halogens is 1. The average Bonchev–Trinajstić information content (AvgIpc) is 2.98. The van der Waals surface area contributed by atoms with Gasteiger partial charge in [-0.05, 0) is 43.2 Å². The number of rotatable bonds is 5. The van der Waals surface area contributed by atoms with E-state index >= 15 is 0 Å². The number of carbonyl (C=O) groups excluding carboxylic acids is 1. The van der Waals surface area contributed by atoms with E-state index in [9.17, 15) is 13.2 Å². The Labute approximate surface area is 171 Å². The number of pyridine rings is 1. The van der Waals surface area contributed by atoms with Crippen molar-refractivity contribution in [3.05, 3.63) is 58.9 Å². The van der Waals surface area contributed by atoms with Gasteiger partial charge in [0.1, 0.15) is 4.90 Å². The van der Waals surface area contributed by atoms with Crippen molar-refractivity contribution in [3.8, 4) is 0 Å². The molecule has 150 valence electrons. The number of benzene rings is 1. The molecule has 0 N–H and O–H groups in total. The van der Waals surface area contributed by atoms with Crippen LogP contribution < -0.4 is 0 Å². The third-order valence-corrected chi connectivity index (χ3v) is 7.21. The highest BCUT2D eigenvalue weighted by Crippen LogP contribution is 2.28. The largest absolute Gasteiger partial charge is 0.336 e. The normalized spacial score (nSPS) is 15.8. The summed E-state index contributed by atoms with van der Waals surface area (Å²) >= 11 is 6.21. The van der Waals surface area contributed by atoms with Crippen LogP contribution in [0.5, 0.6) is 0 Å². The van der Waals surface area contributed by atoms with E-state index in [1.165, 1.54) is 21.3 Å². The van der Waals surface area contributed by atoms with Gasteiger partial charge in [-0.1, -0.05) is 30.5 Å². The number of aromatic nitrogens is 1. The van der Waals surface area contributed by atoms with Gasteiger partial charge in [-0.2, -0.15) is 4.31 Å². The summed E-state index contributed by atoms with van der Waals surface area (Å²) in [6, 6.07) is 9.93. The molecule has 2 heterocycles. The molecule has 1 aliphatic rings. The second-order valence-corrected chi connectivity index (χ2v) is 9.26. The topological polar surface area (TPSA) is 70.6 Å². The van der Waals surface area contributed by atoms with Gasteiger partial charge in [0.15, 0.2) is 0 Å². The number of amides is 1. The van der Waals surface area contributed by atoms with Crippen molar-refractivity contribution in [2.24, 2.45) is 0 Å². The van der Waals surface area contributed by atoms with Gasteiger partial charge in [0, 0.05) is 31.9 Å². The standard InChI is InChI=1S/C20H24ClN3O3S/c1-23(15-17-8-4-5-11-22-17)20(25)16-9-10-18(21)19(14-16)28(26,27)24-12-6-2-3-7-13-24/h4-5,8-11,14H,2-3,6-7,12-13,15H2,1H3. The zero-order chi connectivity index (χ0) is 20.1. The second-order valence-electron chi connectivity index (χ2n) is 6.95. The summed E-state index contributed by atoms with van der Waals surface area (Å²) in [5.74, 6) is -0.283. The molecule has 1 aliphatic heterocycles. The van der Waals surface area contributed by atoms with Gasteiger partial charge < -0.3 is 4.90 Å². The molecule has 1 amide bonds. The van der Waals surface area contributed by atoms with Crippen molar-refractivity contribution in [3.63, 3.8) is 0 Å². The molecule has 1 saturated heterocycles. The van der Waals surface area contributed by atoms with E-state index < -0.39 is 10.0 Å². The first-order chi connectivity index (χ1) is 13.4. The molecule has 0 aliphatic carbocycles. The zero-order valence-corrected chi connectivity index (χ0v) is 17.4. The lowest BCUT2D eigenvalue weighted by Crippen LogP contribution is -2.32. The minimum Gasteiger partial charge on any atom is -0.336 e. The summed E-state index contributed by atoms with van der Waals surface area (Å²) in [6.07, 6.45) is 5.39. The fraction of sp³-hybridized carbons (Fsp3) is 0.400. The van der Waals surface area contributed by atoms with E-state index in [4.69, 9.17) is 11.6 Å². The maximum absolute atomic E-state index is 13.1. The molecule has 0 saturated carbocycles. The van der Waals surface area contributed by atoms with Crippen LogP contribution >= 0.6 is 11.6 Å². The fourth-order valence-corrected chi connectivity index (χ4v) is 5.30. The van der Waals surface area contributed by atoms with E-state index in [0.29, 0.717) is 19.6 Å². The highest BCUT2D eigenvalue weighted by molar-refractivity contribution is 7.89. The first-order valence-electron chi connectivity index (χ1n) is 9.34. The van der Waals surface area contributed by atoms with Crippen LogP contribution in [0.1, 0.15) is 41.7 Å². The van der Waals surface area contributed by atoms with E-state index in [1.807, 2.05) is 18.2 Å². The number of hydrogen-bond acceptors (Lipinski definition) is 4. The van der Waals surface area contributed by atoms with Gasteiger partial charge in [-0.15, -0.1) is 0 Å². The molecule has 3 rings (SSSR count). The Morgan fingerprint density at radius 1 is 1.14 bits per heavy atom. The molecular formula is C20H24ClN3O3S. The first kappa shape index (κ1) is 20.8. The molecule has 0 spiro atoms. The molecule has 0 atom stereocenters. The Balaban J connectivity index is 1.85. The summed E-state index contributed by atoms with van der Waals surface area (Å²) in [5.41, 5.74) is 1.04. The van der Waals surface area contributed by atoms with Crippen LogP contribution in [0.4, 0.5) is 0 Å². The highest BCUT2D eigenvalue weighted by Gasteiger charge is 2.28. The second kappa shape index (κ2) is 9.03. The van der Waals surface area contributed by atoms with Gasteiger partial charge >= 0.3 is 0 Å². The van der Waals surface area contributed by atoms with E-state index in [1.54, 1.807) is 19.3 Å². The molecule has 2 aromatic rings. The Kier molecular flexibility index (Phi) is 6.69. The molecular weight excluding hydrogens is 398 g/mol. The Morgan fingerprint density at radius 3 is 2.50 bits per heavy atom. The fourth-order valence-electron chi connectivity index (χ4n) is 3.28. The van der Waals surface area contributed by atoms with Crippen LogP contribution in [0.3, 0.4) is 0 Å². The lowest BCUT2D eigenvalue weighted by Gasteiger charge is -2.22. The van der Waals surface area contributed by atoms with Crippen molar-refractivity contribution in [2.45, 2.75) is 37.1 Å². The monoisotopic (exact) mass is 421 g/mol. The highest BCUT2D eigenvalue weighted by atomic mass is 35.5. The Hall–Kier alpha value is -1.96. The molecule has 8 heteroatoms. The first-order valence-corrected chi connectivity index (χ1v) is 11.2. The zero-order valence-electron chi connectivity index (χ0n) is 15.8. The molecule has 1 aromatic carbocycles. The van der Waals surface area contributed by atoms with E-state index in [-0.39, 0.29) is 21.4 Å². The van der Waals surface area contributed by atoms with Crippen molar-refractivity contribution < 1.29 is 13.2 Å². The number of carbonyl (C=O) groups is 1. The molecule has 6 nitrogen and oxygen atoms in total. The van der Waals surface area contributed by atoms with Gasteiger partial charge in [0.25, 0.3) is 5.91 Å². The van der Waals surface area contributed by atoms with E-state index in [2.05, 4.69) is 4.98 Å². The predicted molar refractivity (Wildman–Crippen MR) is 109 cm³/mol. The van der Waals surface area contributed by atoms with Gasteiger partial charge in [-0.3, -0.25) is 9.78 Å². The summed E-state index contributed by atoms with van der Waals surface area (Å²) in [6.45, 7) is 1.29. The average molecular weight is 422 g/mol. The SMILES string of the molecule is CN(Cc1ccccn1)C(=O)c1ccc(Cl)c(S(=O)(=O)N2CCCCCC2)c1. The maximum Gasteiger partial charge on any atom is 0.253 e. The van der Waals surface area contributed by atoms with Crippen LogP contribution in [0, 0.1) is 0 Å². The van der Waals surface area contributed by atoms with Crippen LogP contribution in [-0.4, -0.2) is 48.7 Å². The predicted octanol–water partition coefficient (Wildman–Crippen LogP) is 3.57. The Bertz CT molecular complexity index is 927. The molecule has 0 radical (unpaired) electrons. The minimum absolute atomic E-state index is 0.00634. The number of nitrogens with zero attached hydrogens (tertiary/aromatic N) is 3. The Morgan fingerprint density at radius 2 is 1.86 bits per heavy atom. The minimum atomic E-state index is -3.74. The van der Waals surface area contributed by atoms with Gasteiger partial charge in [-0.25, -0.2) is 8.42 Å².